The molecule has 0 saturated carbocycles. The van der Waals surface area contributed by atoms with Gasteiger partial charge in [0.2, 0.25) is 0 Å². The highest BCUT2D eigenvalue weighted by molar-refractivity contribution is 5.33. The molecule has 0 heterocycles. The second-order valence-corrected chi connectivity index (χ2v) is 5.86. The van der Waals surface area contributed by atoms with Crippen LogP contribution in [0.4, 0.5) is 0 Å². The summed E-state index contributed by atoms with van der Waals surface area (Å²) in [5, 5.41) is 3.51. The maximum absolute atomic E-state index is 5.89. The van der Waals surface area contributed by atoms with E-state index in [0.717, 1.165) is 24.6 Å². The van der Waals surface area contributed by atoms with Gasteiger partial charge in [-0.25, -0.2) is 0 Å². The SMILES string of the molecule is CCCCCCNCc1ccccc1OCCOc1ccccc1. The Balaban J connectivity index is 1.68. The third kappa shape index (κ3) is 7.05. The largest absolute Gasteiger partial charge is 0.490 e. The van der Waals surface area contributed by atoms with Gasteiger partial charge in [-0.05, 0) is 31.2 Å². The quantitative estimate of drug-likeness (QED) is 0.567. The Morgan fingerprint density at radius 3 is 2.38 bits per heavy atom. The van der Waals surface area contributed by atoms with Crippen LogP contribution in [-0.4, -0.2) is 19.8 Å². The summed E-state index contributed by atoms with van der Waals surface area (Å²) >= 11 is 0. The van der Waals surface area contributed by atoms with Crippen LogP contribution in [0.15, 0.2) is 54.6 Å². The molecule has 0 bridgehead atoms. The molecule has 0 atom stereocenters. The third-order valence-electron chi connectivity index (χ3n) is 3.85. The minimum Gasteiger partial charge on any atom is -0.490 e. The van der Waals surface area contributed by atoms with Crippen LogP contribution in [0.3, 0.4) is 0 Å². The van der Waals surface area contributed by atoms with Gasteiger partial charge in [-0.3, -0.25) is 0 Å². The van der Waals surface area contributed by atoms with Gasteiger partial charge in [0.25, 0.3) is 0 Å². The van der Waals surface area contributed by atoms with E-state index >= 15 is 0 Å². The van der Waals surface area contributed by atoms with Crippen LogP contribution in [0, 0.1) is 0 Å². The van der Waals surface area contributed by atoms with Gasteiger partial charge in [-0.2, -0.15) is 0 Å². The Labute approximate surface area is 146 Å². The van der Waals surface area contributed by atoms with E-state index < -0.39 is 0 Å². The molecule has 3 heteroatoms. The first-order valence-corrected chi connectivity index (χ1v) is 8.99. The average Bonchev–Trinajstić information content (AvgIpc) is 2.63. The zero-order valence-corrected chi connectivity index (χ0v) is 14.7. The van der Waals surface area contributed by atoms with Crippen molar-refractivity contribution in [1.82, 2.24) is 5.32 Å². The summed E-state index contributed by atoms with van der Waals surface area (Å²) in [6.45, 7) is 5.24. The number of ether oxygens (including phenoxy) is 2. The van der Waals surface area contributed by atoms with Crippen molar-refractivity contribution >= 4 is 0 Å². The average molecular weight is 327 g/mol. The van der Waals surface area contributed by atoms with Crippen molar-refractivity contribution in [2.45, 2.75) is 39.2 Å². The zero-order valence-electron chi connectivity index (χ0n) is 14.7. The molecule has 3 nitrogen and oxygen atoms in total. The van der Waals surface area contributed by atoms with Crippen molar-refractivity contribution in [3.8, 4) is 11.5 Å². The normalized spacial score (nSPS) is 10.5. The molecule has 2 aromatic rings. The summed E-state index contributed by atoms with van der Waals surface area (Å²) in [4.78, 5) is 0. The fraction of sp³-hybridized carbons (Fsp3) is 0.429. The Hall–Kier alpha value is -2.00. The number of nitrogens with one attached hydrogen (secondary N) is 1. The van der Waals surface area contributed by atoms with Gasteiger partial charge in [-0.1, -0.05) is 62.6 Å². The fourth-order valence-electron chi connectivity index (χ4n) is 2.52. The van der Waals surface area contributed by atoms with Gasteiger partial charge in [0, 0.05) is 12.1 Å². The summed E-state index contributed by atoms with van der Waals surface area (Å²) in [6.07, 6.45) is 5.14. The van der Waals surface area contributed by atoms with Gasteiger partial charge in [-0.15, -0.1) is 0 Å². The highest BCUT2D eigenvalue weighted by atomic mass is 16.5. The Kier molecular flexibility index (Phi) is 8.81. The molecule has 0 aliphatic rings. The van der Waals surface area contributed by atoms with Crippen LogP contribution < -0.4 is 14.8 Å². The van der Waals surface area contributed by atoms with Crippen LogP contribution in [0.25, 0.3) is 0 Å². The molecule has 1 N–H and O–H groups in total. The molecule has 2 rings (SSSR count). The van der Waals surface area contributed by atoms with Crippen LogP contribution in [0.5, 0.6) is 11.5 Å². The minimum atomic E-state index is 0.544. The van der Waals surface area contributed by atoms with E-state index in [1.807, 2.05) is 42.5 Å². The maximum atomic E-state index is 5.89. The highest BCUT2D eigenvalue weighted by Crippen LogP contribution is 2.18. The smallest absolute Gasteiger partial charge is 0.123 e. The predicted molar refractivity (Wildman–Crippen MR) is 99.7 cm³/mol. The van der Waals surface area contributed by atoms with Gasteiger partial charge in [0.05, 0.1) is 0 Å². The van der Waals surface area contributed by atoms with Crippen molar-refractivity contribution < 1.29 is 9.47 Å². The number of benzene rings is 2. The van der Waals surface area contributed by atoms with Gasteiger partial charge in [0.15, 0.2) is 0 Å². The zero-order chi connectivity index (χ0) is 16.9. The molecule has 2 aromatic carbocycles. The summed E-state index contributed by atoms with van der Waals surface area (Å²) in [5.74, 6) is 1.82. The van der Waals surface area contributed by atoms with Gasteiger partial charge >= 0.3 is 0 Å². The lowest BCUT2D eigenvalue weighted by molar-refractivity contribution is 0.215. The van der Waals surface area contributed by atoms with E-state index in [2.05, 4.69) is 24.4 Å². The topological polar surface area (TPSA) is 30.5 Å². The molecular weight excluding hydrogens is 298 g/mol. The number of hydrogen-bond donors (Lipinski definition) is 1. The van der Waals surface area contributed by atoms with Crippen molar-refractivity contribution in [3.05, 3.63) is 60.2 Å². The molecule has 0 spiro atoms. The van der Waals surface area contributed by atoms with Gasteiger partial charge in [0.1, 0.15) is 24.7 Å². The second kappa shape index (κ2) is 11.5. The number of para-hydroxylation sites is 2. The van der Waals surface area contributed by atoms with E-state index in [1.54, 1.807) is 0 Å². The van der Waals surface area contributed by atoms with Crippen molar-refractivity contribution in [2.75, 3.05) is 19.8 Å². The first-order valence-electron chi connectivity index (χ1n) is 8.99. The molecule has 0 aliphatic heterocycles. The Bertz CT molecular complexity index is 557. The number of rotatable bonds is 12. The van der Waals surface area contributed by atoms with Crippen molar-refractivity contribution in [1.29, 1.82) is 0 Å². The predicted octanol–water partition coefficient (Wildman–Crippen LogP) is 4.81. The van der Waals surface area contributed by atoms with Crippen LogP contribution in [-0.2, 0) is 6.54 Å². The summed E-state index contributed by atoms with van der Waals surface area (Å²) in [5.41, 5.74) is 1.20. The standard InChI is InChI=1S/C21H29NO2/c1-2-3-4-10-15-22-18-19-11-8-9-14-21(19)24-17-16-23-20-12-6-5-7-13-20/h5-9,11-14,22H,2-4,10,15-18H2,1H3. The van der Waals surface area contributed by atoms with E-state index in [1.165, 1.54) is 31.2 Å². The molecule has 24 heavy (non-hydrogen) atoms. The minimum absolute atomic E-state index is 0.544. The first kappa shape index (κ1) is 18.3. The number of hydrogen-bond acceptors (Lipinski definition) is 3. The summed E-state index contributed by atoms with van der Waals surface area (Å²) in [7, 11) is 0. The van der Waals surface area contributed by atoms with E-state index in [9.17, 15) is 0 Å². The lowest BCUT2D eigenvalue weighted by Crippen LogP contribution is -2.16. The molecule has 0 aliphatic carbocycles. The number of unbranched alkanes of at least 4 members (excludes halogenated alkanes) is 3. The Morgan fingerprint density at radius 1 is 0.792 bits per heavy atom. The molecule has 0 amide bonds. The lowest BCUT2D eigenvalue weighted by atomic mass is 10.2. The first-order chi connectivity index (χ1) is 11.9. The molecule has 0 saturated heterocycles. The third-order valence-corrected chi connectivity index (χ3v) is 3.85. The van der Waals surface area contributed by atoms with E-state index in [4.69, 9.17) is 9.47 Å². The highest BCUT2D eigenvalue weighted by Gasteiger charge is 2.03. The van der Waals surface area contributed by atoms with Gasteiger partial charge < -0.3 is 14.8 Å². The molecule has 0 fully saturated rings. The monoisotopic (exact) mass is 327 g/mol. The van der Waals surface area contributed by atoms with E-state index in [0.29, 0.717) is 13.2 Å². The van der Waals surface area contributed by atoms with Crippen LogP contribution in [0.1, 0.15) is 38.2 Å². The van der Waals surface area contributed by atoms with Crippen molar-refractivity contribution in [3.63, 3.8) is 0 Å². The Morgan fingerprint density at radius 2 is 1.54 bits per heavy atom. The molecule has 0 radical (unpaired) electrons. The molecule has 130 valence electrons. The van der Waals surface area contributed by atoms with Crippen LogP contribution in [0.2, 0.25) is 0 Å². The molecular formula is C21H29NO2. The second-order valence-electron chi connectivity index (χ2n) is 5.86. The summed E-state index contributed by atoms with van der Waals surface area (Å²) in [6, 6.07) is 18.0. The summed E-state index contributed by atoms with van der Waals surface area (Å²) < 4.78 is 11.6. The maximum Gasteiger partial charge on any atom is 0.123 e. The fourth-order valence-corrected chi connectivity index (χ4v) is 2.52. The van der Waals surface area contributed by atoms with E-state index in [-0.39, 0.29) is 0 Å². The molecule has 0 unspecified atom stereocenters. The molecule has 0 aromatic heterocycles. The van der Waals surface area contributed by atoms with Crippen LogP contribution >= 0.6 is 0 Å². The lowest BCUT2D eigenvalue weighted by Gasteiger charge is -2.13. The van der Waals surface area contributed by atoms with Crippen molar-refractivity contribution in [2.24, 2.45) is 0 Å².